The summed E-state index contributed by atoms with van der Waals surface area (Å²) in [7, 11) is -0.309. The number of benzene rings is 1. The largest absolute Gasteiger partial charge is 0.379 e. The fraction of sp³-hybridized carbons (Fsp3) is 0.500. The number of morpholine rings is 1. The van der Waals surface area contributed by atoms with Crippen LogP contribution in [0.1, 0.15) is 0 Å². The van der Waals surface area contributed by atoms with Crippen LogP contribution >= 0.6 is 0 Å². The zero-order chi connectivity index (χ0) is 13.9. The van der Waals surface area contributed by atoms with Crippen LogP contribution in [0.5, 0.6) is 0 Å². The number of hydrogen-bond acceptors (Lipinski definition) is 5. The lowest BCUT2D eigenvalue weighted by atomic mass is 10.3. The molecule has 0 radical (unpaired) electrons. The summed E-state index contributed by atoms with van der Waals surface area (Å²) >= 11 is 0. The van der Waals surface area contributed by atoms with E-state index >= 15 is 0 Å². The molecule has 1 aliphatic rings. The highest BCUT2D eigenvalue weighted by atomic mass is 32.2. The molecular formula is C12H19N3O3S. The van der Waals surface area contributed by atoms with E-state index in [0.717, 1.165) is 18.8 Å². The van der Waals surface area contributed by atoms with Gasteiger partial charge in [-0.15, -0.1) is 0 Å². The molecule has 2 rings (SSSR count). The van der Waals surface area contributed by atoms with Crippen LogP contribution in [0.15, 0.2) is 29.2 Å². The van der Waals surface area contributed by atoms with Crippen molar-refractivity contribution < 1.29 is 13.2 Å². The molecule has 1 aromatic rings. The van der Waals surface area contributed by atoms with Crippen molar-refractivity contribution in [3.8, 4) is 0 Å². The van der Waals surface area contributed by atoms with Gasteiger partial charge < -0.3 is 10.2 Å². The van der Waals surface area contributed by atoms with E-state index in [1.165, 1.54) is 18.4 Å². The molecule has 0 spiro atoms. The maximum Gasteiger partial charge on any atom is 0.242 e. The topological polar surface area (TPSA) is 61.9 Å². The monoisotopic (exact) mass is 285 g/mol. The predicted molar refractivity (Wildman–Crippen MR) is 73.3 cm³/mol. The van der Waals surface area contributed by atoms with Gasteiger partial charge in [-0.2, -0.15) is 0 Å². The second-order valence-electron chi connectivity index (χ2n) is 4.52. The molecular weight excluding hydrogens is 266 g/mol. The van der Waals surface area contributed by atoms with Crippen molar-refractivity contribution in [3.63, 3.8) is 0 Å². The van der Waals surface area contributed by atoms with Gasteiger partial charge in [-0.1, -0.05) is 0 Å². The van der Waals surface area contributed by atoms with E-state index in [2.05, 4.69) is 10.4 Å². The molecule has 6 nitrogen and oxygen atoms in total. The van der Waals surface area contributed by atoms with Crippen LogP contribution in [0.3, 0.4) is 0 Å². The second kappa shape index (κ2) is 5.87. The molecule has 1 aliphatic heterocycles. The summed E-state index contributed by atoms with van der Waals surface area (Å²) in [6.45, 7) is 3.05. The predicted octanol–water partition coefficient (Wildman–Crippen LogP) is 0.596. The zero-order valence-electron chi connectivity index (χ0n) is 11.2. The van der Waals surface area contributed by atoms with Crippen LogP contribution in [0.25, 0.3) is 0 Å². The van der Waals surface area contributed by atoms with Gasteiger partial charge in [0.25, 0.3) is 0 Å². The maximum atomic E-state index is 11.9. The Bertz CT molecular complexity index is 508. The second-order valence-corrected chi connectivity index (χ2v) is 6.67. The Kier molecular flexibility index (Phi) is 4.41. The minimum Gasteiger partial charge on any atom is -0.379 e. The van der Waals surface area contributed by atoms with Gasteiger partial charge in [-0.25, -0.2) is 17.7 Å². The van der Waals surface area contributed by atoms with E-state index in [9.17, 15) is 8.42 Å². The fourth-order valence-corrected chi connectivity index (χ4v) is 2.67. The van der Waals surface area contributed by atoms with Gasteiger partial charge in [0, 0.05) is 32.9 Å². The summed E-state index contributed by atoms with van der Waals surface area (Å²) in [5.74, 6) is 0. The fourth-order valence-electron chi connectivity index (χ4n) is 1.77. The molecule has 1 saturated heterocycles. The normalized spacial score (nSPS) is 17.6. The minimum atomic E-state index is -3.35. The maximum absolute atomic E-state index is 11.9. The van der Waals surface area contributed by atoms with Gasteiger partial charge in [0.2, 0.25) is 10.0 Å². The first-order valence-electron chi connectivity index (χ1n) is 6.12. The number of rotatable bonds is 4. The quantitative estimate of drug-likeness (QED) is 0.877. The highest BCUT2D eigenvalue weighted by molar-refractivity contribution is 7.89. The molecule has 106 valence electrons. The molecule has 0 unspecified atom stereocenters. The van der Waals surface area contributed by atoms with Crippen molar-refractivity contribution in [2.75, 3.05) is 45.8 Å². The third-order valence-corrected chi connectivity index (χ3v) is 4.76. The van der Waals surface area contributed by atoms with Crippen LogP contribution in [-0.2, 0) is 14.8 Å². The van der Waals surface area contributed by atoms with Crippen LogP contribution in [0, 0.1) is 0 Å². The molecule has 0 saturated carbocycles. The molecule has 1 heterocycles. The molecule has 0 amide bonds. The first-order valence-corrected chi connectivity index (χ1v) is 7.56. The van der Waals surface area contributed by atoms with Gasteiger partial charge in [0.05, 0.1) is 18.1 Å². The van der Waals surface area contributed by atoms with Crippen molar-refractivity contribution >= 4 is 15.7 Å². The summed E-state index contributed by atoms with van der Waals surface area (Å²) in [5, 5.41) is 2.05. The lowest BCUT2D eigenvalue weighted by molar-refractivity contribution is 0.0497. The number of anilines is 1. The molecule has 0 aromatic heterocycles. The van der Waals surface area contributed by atoms with Gasteiger partial charge in [0.1, 0.15) is 0 Å². The van der Waals surface area contributed by atoms with Crippen LogP contribution in [-0.4, -0.2) is 58.1 Å². The van der Waals surface area contributed by atoms with E-state index in [0.29, 0.717) is 18.1 Å². The van der Waals surface area contributed by atoms with Gasteiger partial charge in [-0.05, 0) is 24.3 Å². The molecule has 0 atom stereocenters. The Morgan fingerprint density at radius 1 is 1.16 bits per heavy atom. The van der Waals surface area contributed by atoms with E-state index in [1.807, 2.05) is 0 Å². The van der Waals surface area contributed by atoms with Crippen LogP contribution < -0.4 is 5.43 Å². The highest BCUT2D eigenvalue weighted by Crippen LogP contribution is 2.17. The van der Waals surface area contributed by atoms with Crippen molar-refractivity contribution in [2.45, 2.75) is 4.90 Å². The lowest BCUT2D eigenvalue weighted by Gasteiger charge is -2.28. The Morgan fingerprint density at radius 3 is 2.26 bits per heavy atom. The summed E-state index contributed by atoms with van der Waals surface area (Å²) in [6.07, 6.45) is 0. The summed E-state index contributed by atoms with van der Waals surface area (Å²) < 4.78 is 30.3. The molecule has 1 N–H and O–H groups in total. The number of ether oxygens (including phenoxy) is 1. The van der Waals surface area contributed by atoms with Gasteiger partial charge in [-0.3, -0.25) is 0 Å². The number of hydrogen-bond donors (Lipinski definition) is 1. The number of hydrazine groups is 1. The summed E-state index contributed by atoms with van der Waals surface area (Å²) in [5.41, 5.74) is 4.11. The van der Waals surface area contributed by atoms with E-state index in [-0.39, 0.29) is 0 Å². The summed E-state index contributed by atoms with van der Waals surface area (Å²) in [6, 6.07) is 6.76. The summed E-state index contributed by atoms with van der Waals surface area (Å²) in [4.78, 5) is 0.296. The Labute approximate surface area is 114 Å². The standard InChI is InChI=1S/C12H19N3O3S/c1-14(2)19(16,17)12-5-3-11(4-6-12)13-15-7-9-18-10-8-15/h3-6,13H,7-10H2,1-2H3. The number of nitrogens with zero attached hydrogens (tertiary/aromatic N) is 2. The van der Waals surface area contributed by atoms with Crippen LogP contribution in [0.2, 0.25) is 0 Å². The van der Waals surface area contributed by atoms with Crippen molar-refractivity contribution in [1.82, 2.24) is 9.31 Å². The van der Waals surface area contributed by atoms with Crippen molar-refractivity contribution in [3.05, 3.63) is 24.3 Å². The number of sulfonamides is 1. The molecule has 1 aromatic carbocycles. The van der Waals surface area contributed by atoms with Gasteiger partial charge in [0.15, 0.2) is 0 Å². The Hall–Kier alpha value is -1.15. The third-order valence-electron chi connectivity index (χ3n) is 2.93. The average Bonchev–Trinajstić information content (AvgIpc) is 2.40. The third kappa shape index (κ3) is 3.44. The highest BCUT2D eigenvalue weighted by Gasteiger charge is 2.17. The van der Waals surface area contributed by atoms with Crippen molar-refractivity contribution in [1.29, 1.82) is 0 Å². The van der Waals surface area contributed by atoms with Crippen molar-refractivity contribution in [2.24, 2.45) is 0 Å². The smallest absolute Gasteiger partial charge is 0.242 e. The van der Waals surface area contributed by atoms with E-state index in [4.69, 9.17) is 4.74 Å². The minimum absolute atomic E-state index is 0.296. The van der Waals surface area contributed by atoms with E-state index in [1.54, 1.807) is 24.3 Å². The molecule has 7 heteroatoms. The zero-order valence-corrected chi connectivity index (χ0v) is 12.0. The Balaban J connectivity index is 2.06. The first kappa shape index (κ1) is 14.3. The van der Waals surface area contributed by atoms with Gasteiger partial charge >= 0.3 is 0 Å². The molecule has 0 bridgehead atoms. The SMILES string of the molecule is CN(C)S(=O)(=O)c1ccc(NN2CCOCC2)cc1. The average molecular weight is 285 g/mol. The Morgan fingerprint density at radius 2 is 1.74 bits per heavy atom. The lowest BCUT2D eigenvalue weighted by Crippen LogP contribution is -2.40. The molecule has 19 heavy (non-hydrogen) atoms. The first-order chi connectivity index (χ1) is 9.00. The number of nitrogens with one attached hydrogen (secondary N) is 1. The molecule has 1 fully saturated rings. The van der Waals surface area contributed by atoms with Crippen LogP contribution in [0.4, 0.5) is 5.69 Å². The molecule has 0 aliphatic carbocycles. The van der Waals surface area contributed by atoms with E-state index < -0.39 is 10.0 Å².